The minimum atomic E-state index is -0.256. The van der Waals surface area contributed by atoms with E-state index in [1.807, 2.05) is 39.0 Å². The molecule has 1 N–H and O–H groups in total. The molecule has 1 aromatic carbocycles. The second-order valence-electron chi connectivity index (χ2n) is 6.46. The first kappa shape index (κ1) is 14.5. The van der Waals surface area contributed by atoms with Crippen LogP contribution in [-0.4, -0.2) is 16.5 Å². The lowest BCUT2D eigenvalue weighted by atomic mass is 9.91. The number of fused-ring (bicyclic) bond motifs is 1. The molecule has 0 saturated heterocycles. The zero-order valence-electron chi connectivity index (χ0n) is 12.9. The molecule has 2 heterocycles. The van der Waals surface area contributed by atoms with Gasteiger partial charge in [0.1, 0.15) is 5.75 Å². The first-order valence-electron chi connectivity index (χ1n) is 7.17. The van der Waals surface area contributed by atoms with Crippen molar-refractivity contribution in [2.45, 2.75) is 32.7 Å². The molecule has 5 nitrogen and oxygen atoms in total. The van der Waals surface area contributed by atoms with Crippen LogP contribution in [0.5, 0.6) is 17.2 Å². The van der Waals surface area contributed by atoms with E-state index in [-0.39, 0.29) is 23.5 Å². The minimum absolute atomic E-state index is 0.00291. The molecule has 0 radical (unpaired) electrons. The van der Waals surface area contributed by atoms with Gasteiger partial charge in [-0.05, 0) is 17.7 Å². The van der Waals surface area contributed by atoms with Crippen LogP contribution >= 0.6 is 0 Å². The first-order chi connectivity index (χ1) is 10.3. The van der Waals surface area contributed by atoms with E-state index >= 15 is 0 Å². The van der Waals surface area contributed by atoms with E-state index in [9.17, 15) is 9.90 Å². The lowest BCUT2D eigenvalue weighted by molar-refractivity contribution is 0.174. The maximum absolute atomic E-state index is 12.3. The number of hydrogen-bond donors (Lipinski definition) is 1. The largest absolute Gasteiger partial charge is 0.508 e. The van der Waals surface area contributed by atoms with Crippen molar-refractivity contribution in [3.8, 4) is 17.2 Å². The molecule has 2 aromatic rings. The van der Waals surface area contributed by atoms with Crippen molar-refractivity contribution in [1.82, 2.24) is 4.57 Å². The van der Waals surface area contributed by atoms with Gasteiger partial charge in [0.05, 0.1) is 6.54 Å². The van der Waals surface area contributed by atoms with Gasteiger partial charge in [0.15, 0.2) is 11.5 Å². The van der Waals surface area contributed by atoms with E-state index in [2.05, 4.69) is 0 Å². The van der Waals surface area contributed by atoms with Gasteiger partial charge < -0.3 is 19.1 Å². The number of ether oxygens (including phenoxy) is 2. The summed E-state index contributed by atoms with van der Waals surface area (Å²) in [7, 11) is 0. The maximum Gasteiger partial charge on any atom is 0.254 e. The summed E-state index contributed by atoms with van der Waals surface area (Å²) in [6, 6.07) is 8.53. The van der Waals surface area contributed by atoms with Gasteiger partial charge in [0.25, 0.3) is 5.56 Å². The number of aromatic hydroxyl groups is 1. The van der Waals surface area contributed by atoms with Crippen LogP contribution in [-0.2, 0) is 12.0 Å². The van der Waals surface area contributed by atoms with Gasteiger partial charge in [-0.25, -0.2) is 0 Å². The Balaban J connectivity index is 2.04. The molecular weight excluding hydrogens is 282 g/mol. The van der Waals surface area contributed by atoms with Crippen LogP contribution in [0.1, 0.15) is 32.0 Å². The normalized spacial score (nSPS) is 13.4. The highest BCUT2D eigenvalue weighted by Gasteiger charge is 2.21. The monoisotopic (exact) mass is 301 g/mol. The summed E-state index contributed by atoms with van der Waals surface area (Å²) < 4.78 is 12.3. The van der Waals surface area contributed by atoms with E-state index in [1.165, 1.54) is 6.07 Å². The molecule has 1 aromatic heterocycles. The zero-order valence-corrected chi connectivity index (χ0v) is 12.9. The molecule has 0 bridgehead atoms. The molecule has 0 atom stereocenters. The number of rotatable bonds is 2. The smallest absolute Gasteiger partial charge is 0.254 e. The summed E-state index contributed by atoms with van der Waals surface area (Å²) >= 11 is 0. The highest BCUT2D eigenvalue weighted by molar-refractivity contribution is 5.44. The van der Waals surface area contributed by atoms with Crippen molar-refractivity contribution in [3.05, 3.63) is 51.9 Å². The molecule has 0 amide bonds. The fourth-order valence-corrected chi connectivity index (χ4v) is 2.59. The average Bonchev–Trinajstić information content (AvgIpc) is 2.87. The third-order valence-corrected chi connectivity index (χ3v) is 3.66. The standard InChI is InChI=1S/C17H19NO4/c1-17(2,3)15-7-12(19)8-16(20)18(15)9-11-4-5-13-14(6-11)22-10-21-13/h4-8,19H,9-10H2,1-3H3. The van der Waals surface area contributed by atoms with Gasteiger partial charge >= 0.3 is 0 Å². The minimum Gasteiger partial charge on any atom is -0.508 e. The van der Waals surface area contributed by atoms with Crippen LogP contribution in [0.4, 0.5) is 0 Å². The highest BCUT2D eigenvalue weighted by Crippen LogP contribution is 2.33. The van der Waals surface area contributed by atoms with Gasteiger partial charge in [-0.1, -0.05) is 26.8 Å². The van der Waals surface area contributed by atoms with Gasteiger partial charge in [0.2, 0.25) is 6.79 Å². The van der Waals surface area contributed by atoms with Crippen LogP contribution in [0.15, 0.2) is 35.1 Å². The molecular formula is C17H19NO4. The first-order valence-corrected chi connectivity index (χ1v) is 7.17. The Morgan fingerprint density at radius 1 is 1.14 bits per heavy atom. The molecule has 1 aliphatic rings. The van der Waals surface area contributed by atoms with Crippen LogP contribution in [0.2, 0.25) is 0 Å². The lowest BCUT2D eigenvalue weighted by Gasteiger charge is -2.24. The van der Waals surface area contributed by atoms with Crippen molar-refractivity contribution in [3.63, 3.8) is 0 Å². The van der Waals surface area contributed by atoms with Crippen LogP contribution in [0.25, 0.3) is 0 Å². The Morgan fingerprint density at radius 3 is 2.59 bits per heavy atom. The fourth-order valence-electron chi connectivity index (χ4n) is 2.59. The third kappa shape index (κ3) is 2.66. The number of aromatic nitrogens is 1. The predicted octanol–water partition coefficient (Wildman–Crippen LogP) is 2.63. The summed E-state index contributed by atoms with van der Waals surface area (Å²) in [6.45, 7) is 6.68. The Labute approximate surface area is 128 Å². The van der Waals surface area contributed by atoms with Gasteiger partial charge in [0, 0.05) is 23.2 Å². The maximum atomic E-state index is 12.3. The second kappa shape index (κ2) is 5.09. The molecule has 22 heavy (non-hydrogen) atoms. The summed E-state index contributed by atoms with van der Waals surface area (Å²) in [5, 5.41) is 9.72. The predicted molar refractivity (Wildman–Crippen MR) is 82.7 cm³/mol. The molecule has 0 spiro atoms. The summed E-state index contributed by atoms with van der Waals surface area (Å²) in [4.78, 5) is 12.3. The quantitative estimate of drug-likeness (QED) is 0.926. The molecule has 0 fully saturated rings. The SMILES string of the molecule is CC(C)(C)c1cc(O)cc(=O)n1Cc1ccc2c(c1)OCO2. The van der Waals surface area contributed by atoms with Crippen molar-refractivity contribution in [2.75, 3.05) is 6.79 Å². The fraction of sp³-hybridized carbons (Fsp3) is 0.353. The molecule has 0 unspecified atom stereocenters. The van der Waals surface area contributed by atoms with Gasteiger partial charge in [-0.15, -0.1) is 0 Å². The highest BCUT2D eigenvalue weighted by atomic mass is 16.7. The van der Waals surface area contributed by atoms with Crippen LogP contribution < -0.4 is 15.0 Å². The summed E-state index contributed by atoms with van der Waals surface area (Å²) in [5.74, 6) is 1.41. The Morgan fingerprint density at radius 2 is 1.86 bits per heavy atom. The van der Waals surface area contributed by atoms with E-state index in [4.69, 9.17) is 9.47 Å². The van der Waals surface area contributed by atoms with E-state index in [0.29, 0.717) is 12.3 Å². The Bertz CT molecular complexity index is 771. The van der Waals surface area contributed by atoms with Crippen molar-refractivity contribution < 1.29 is 14.6 Å². The number of benzene rings is 1. The average molecular weight is 301 g/mol. The van der Waals surface area contributed by atoms with Gasteiger partial charge in [-0.3, -0.25) is 4.79 Å². The summed E-state index contributed by atoms with van der Waals surface area (Å²) in [6.07, 6.45) is 0. The van der Waals surface area contributed by atoms with E-state index < -0.39 is 0 Å². The van der Waals surface area contributed by atoms with E-state index in [1.54, 1.807) is 10.6 Å². The second-order valence-corrected chi connectivity index (χ2v) is 6.46. The molecule has 3 rings (SSSR count). The third-order valence-electron chi connectivity index (χ3n) is 3.66. The number of nitrogens with zero attached hydrogens (tertiary/aromatic N) is 1. The summed E-state index contributed by atoms with van der Waals surface area (Å²) in [5.41, 5.74) is 1.26. The van der Waals surface area contributed by atoms with Crippen molar-refractivity contribution in [2.24, 2.45) is 0 Å². The zero-order chi connectivity index (χ0) is 15.9. The lowest BCUT2D eigenvalue weighted by Crippen LogP contribution is -2.29. The Hall–Kier alpha value is -2.43. The number of pyridine rings is 1. The molecule has 0 aliphatic carbocycles. The van der Waals surface area contributed by atoms with Crippen LogP contribution in [0, 0.1) is 0 Å². The Kier molecular flexibility index (Phi) is 3.35. The van der Waals surface area contributed by atoms with Crippen molar-refractivity contribution in [1.29, 1.82) is 0 Å². The molecule has 1 aliphatic heterocycles. The molecule has 116 valence electrons. The molecule has 5 heteroatoms. The van der Waals surface area contributed by atoms with E-state index in [0.717, 1.165) is 17.0 Å². The van der Waals surface area contributed by atoms with Gasteiger partial charge in [-0.2, -0.15) is 0 Å². The van der Waals surface area contributed by atoms with Crippen LogP contribution in [0.3, 0.4) is 0 Å². The topological polar surface area (TPSA) is 60.7 Å². The van der Waals surface area contributed by atoms with Crippen molar-refractivity contribution >= 4 is 0 Å². The number of hydrogen-bond acceptors (Lipinski definition) is 4. The molecule has 0 saturated carbocycles.